The zero-order valence-electron chi connectivity index (χ0n) is 12.3. The number of nitrogens with one attached hydrogen (secondary N) is 2. The van der Waals surface area contributed by atoms with Gasteiger partial charge in [0.25, 0.3) is 0 Å². The number of rotatable bonds is 5. The highest BCUT2D eigenvalue weighted by atomic mass is 16.5. The van der Waals surface area contributed by atoms with E-state index in [2.05, 4.69) is 10.6 Å². The SMILES string of the molecule is CCOc1cccc(C(C)NC(=O)C2CCCNC2)c1. The number of hydrogen-bond acceptors (Lipinski definition) is 3. The third-order valence-electron chi connectivity index (χ3n) is 3.70. The van der Waals surface area contributed by atoms with Crippen LogP contribution in [-0.2, 0) is 4.79 Å². The van der Waals surface area contributed by atoms with Crippen LogP contribution in [0, 0.1) is 5.92 Å². The first-order valence-corrected chi connectivity index (χ1v) is 7.44. The van der Waals surface area contributed by atoms with Gasteiger partial charge in [0.15, 0.2) is 0 Å². The Balaban J connectivity index is 1.94. The predicted molar refractivity (Wildman–Crippen MR) is 79.8 cm³/mol. The quantitative estimate of drug-likeness (QED) is 0.867. The number of piperidine rings is 1. The summed E-state index contributed by atoms with van der Waals surface area (Å²) in [5.74, 6) is 1.10. The van der Waals surface area contributed by atoms with Crippen molar-refractivity contribution in [2.45, 2.75) is 32.7 Å². The minimum atomic E-state index is 0.00447. The van der Waals surface area contributed by atoms with E-state index >= 15 is 0 Å². The molecule has 2 unspecified atom stereocenters. The maximum atomic E-state index is 12.2. The average molecular weight is 276 g/mol. The minimum Gasteiger partial charge on any atom is -0.494 e. The molecule has 1 aliphatic rings. The maximum absolute atomic E-state index is 12.2. The normalized spacial score (nSPS) is 20.2. The van der Waals surface area contributed by atoms with Crippen LogP contribution in [-0.4, -0.2) is 25.6 Å². The van der Waals surface area contributed by atoms with E-state index in [1.165, 1.54) is 0 Å². The molecule has 0 saturated carbocycles. The number of amides is 1. The summed E-state index contributed by atoms with van der Waals surface area (Å²) >= 11 is 0. The Morgan fingerprint density at radius 2 is 2.40 bits per heavy atom. The Kier molecular flexibility index (Phi) is 5.41. The van der Waals surface area contributed by atoms with Crippen LogP contribution in [0.2, 0.25) is 0 Å². The van der Waals surface area contributed by atoms with Gasteiger partial charge in [-0.15, -0.1) is 0 Å². The monoisotopic (exact) mass is 276 g/mol. The molecule has 110 valence electrons. The Bertz CT molecular complexity index is 442. The molecule has 1 saturated heterocycles. The minimum absolute atomic E-state index is 0.00447. The second-order valence-electron chi connectivity index (χ2n) is 5.28. The van der Waals surface area contributed by atoms with Crippen molar-refractivity contribution in [1.82, 2.24) is 10.6 Å². The van der Waals surface area contributed by atoms with E-state index in [1.54, 1.807) is 0 Å². The lowest BCUT2D eigenvalue weighted by Crippen LogP contribution is -2.41. The van der Waals surface area contributed by atoms with Gasteiger partial charge in [-0.3, -0.25) is 4.79 Å². The van der Waals surface area contributed by atoms with E-state index in [4.69, 9.17) is 4.74 Å². The first kappa shape index (κ1) is 14.9. The van der Waals surface area contributed by atoms with Crippen molar-refractivity contribution in [3.63, 3.8) is 0 Å². The van der Waals surface area contributed by atoms with Gasteiger partial charge in [-0.2, -0.15) is 0 Å². The summed E-state index contributed by atoms with van der Waals surface area (Å²) < 4.78 is 5.50. The Hall–Kier alpha value is -1.55. The van der Waals surface area contributed by atoms with Crippen molar-refractivity contribution in [1.29, 1.82) is 0 Å². The van der Waals surface area contributed by atoms with Crippen molar-refractivity contribution in [3.05, 3.63) is 29.8 Å². The molecule has 2 rings (SSSR count). The molecule has 0 aliphatic carbocycles. The van der Waals surface area contributed by atoms with Gasteiger partial charge in [-0.05, 0) is 50.9 Å². The maximum Gasteiger partial charge on any atom is 0.224 e. The molecule has 1 aromatic rings. The molecule has 1 fully saturated rings. The summed E-state index contributed by atoms with van der Waals surface area (Å²) in [5.41, 5.74) is 1.08. The molecule has 2 atom stereocenters. The van der Waals surface area contributed by atoms with E-state index in [-0.39, 0.29) is 17.9 Å². The molecule has 4 heteroatoms. The van der Waals surface area contributed by atoms with Crippen LogP contribution in [0.15, 0.2) is 24.3 Å². The highest BCUT2D eigenvalue weighted by Crippen LogP contribution is 2.20. The van der Waals surface area contributed by atoms with Crippen LogP contribution in [0.4, 0.5) is 0 Å². The summed E-state index contributed by atoms with van der Waals surface area (Å²) in [6.07, 6.45) is 2.05. The fraction of sp³-hybridized carbons (Fsp3) is 0.562. The molecule has 1 heterocycles. The van der Waals surface area contributed by atoms with Gasteiger partial charge in [0.1, 0.15) is 5.75 Å². The van der Waals surface area contributed by atoms with Gasteiger partial charge in [-0.1, -0.05) is 12.1 Å². The number of carbonyl (C=O) groups excluding carboxylic acids is 1. The lowest BCUT2D eigenvalue weighted by atomic mass is 9.98. The van der Waals surface area contributed by atoms with Crippen LogP contribution in [0.1, 0.15) is 38.3 Å². The van der Waals surface area contributed by atoms with Crippen molar-refractivity contribution in [2.24, 2.45) is 5.92 Å². The zero-order valence-corrected chi connectivity index (χ0v) is 12.3. The van der Waals surface area contributed by atoms with E-state index in [0.717, 1.165) is 37.2 Å². The van der Waals surface area contributed by atoms with Gasteiger partial charge >= 0.3 is 0 Å². The van der Waals surface area contributed by atoms with E-state index in [9.17, 15) is 4.79 Å². The van der Waals surface area contributed by atoms with Crippen LogP contribution in [0.5, 0.6) is 5.75 Å². The number of ether oxygens (including phenoxy) is 1. The summed E-state index contributed by atoms with van der Waals surface area (Å²) in [4.78, 5) is 12.2. The van der Waals surface area contributed by atoms with Crippen molar-refractivity contribution >= 4 is 5.91 Å². The molecule has 0 radical (unpaired) electrons. The summed E-state index contributed by atoms with van der Waals surface area (Å²) in [7, 11) is 0. The van der Waals surface area contributed by atoms with Crippen LogP contribution in [0.3, 0.4) is 0 Å². The predicted octanol–water partition coefficient (Wildman–Crippen LogP) is 2.26. The van der Waals surface area contributed by atoms with Crippen molar-refractivity contribution < 1.29 is 9.53 Å². The largest absolute Gasteiger partial charge is 0.494 e. The highest BCUT2D eigenvalue weighted by molar-refractivity contribution is 5.79. The number of hydrogen-bond donors (Lipinski definition) is 2. The molecule has 1 aliphatic heterocycles. The molecular weight excluding hydrogens is 252 g/mol. The van der Waals surface area contributed by atoms with E-state index < -0.39 is 0 Å². The van der Waals surface area contributed by atoms with Crippen LogP contribution in [0.25, 0.3) is 0 Å². The number of carbonyl (C=O) groups is 1. The summed E-state index contributed by atoms with van der Waals surface area (Å²) in [6.45, 7) is 6.44. The fourth-order valence-electron chi connectivity index (χ4n) is 2.53. The lowest BCUT2D eigenvalue weighted by Gasteiger charge is -2.24. The van der Waals surface area contributed by atoms with Crippen molar-refractivity contribution in [2.75, 3.05) is 19.7 Å². The van der Waals surface area contributed by atoms with Gasteiger partial charge < -0.3 is 15.4 Å². The molecule has 0 spiro atoms. The first-order chi connectivity index (χ1) is 9.70. The molecule has 0 bridgehead atoms. The first-order valence-electron chi connectivity index (χ1n) is 7.44. The van der Waals surface area contributed by atoms with Gasteiger partial charge in [0.05, 0.1) is 18.6 Å². The molecule has 4 nitrogen and oxygen atoms in total. The molecule has 1 aromatic carbocycles. The number of benzene rings is 1. The van der Waals surface area contributed by atoms with Crippen LogP contribution < -0.4 is 15.4 Å². The van der Waals surface area contributed by atoms with Gasteiger partial charge in [-0.25, -0.2) is 0 Å². The third kappa shape index (κ3) is 3.97. The molecule has 20 heavy (non-hydrogen) atoms. The van der Waals surface area contributed by atoms with Gasteiger partial charge in [0, 0.05) is 6.54 Å². The third-order valence-corrected chi connectivity index (χ3v) is 3.70. The Morgan fingerprint density at radius 1 is 1.55 bits per heavy atom. The Morgan fingerprint density at radius 3 is 3.10 bits per heavy atom. The summed E-state index contributed by atoms with van der Waals surface area (Å²) in [5, 5.41) is 6.37. The van der Waals surface area contributed by atoms with Gasteiger partial charge in [0.2, 0.25) is 5.91 Å². The average Bonchev–Trinajstić information content (AvgIpc) is 2.48. The van der Waals surface area contributed by atoms with E-state index in [0.29, 0.717) is 6.61 Å². The van der Waals surface area contributed by atoms with E-state index in [1.807, 2.05) is 38.1 Å². The summed E-state index contributed by atoms with van der Waals surface area (Å²) in [6, 6.07) is 7.92. The standard InChI is InChI=1S/C16H24N2O2/c1-3-20-15-8-4-6-13(10-15)12(2)18-16(19)14-7-5-9-17-11-14/h4,6,8,10,12,14,17H,3,5,7,9,11H2,1-2H3,(H,18,19). The Labute approximate surface area is 120 Å². The second kappa shape index (κ2) is 7.29. The highest BCUT2D eigenvalue weighted by Gasteiger charge is 2.22. The zero-order chi connectivity index (χ0) is 14.4. The molecular formula is C16H24N2O2. The van der Waals surface area contributed by atoms with Crippen LogP contribution >= 0.6 is 0 Å². The lowest BCUT2D eigenvalue weighted by molar-refractivity contribution is -0.126. The molecule has 1 amide bonds. The molecule has 0 aromatic heterocycles. The van der Waals surface area contributed by atoms with Crippen molar-refractivity contribution in [3.8, 4) is 5.75 Å². The topological polar surface area (TPSA) is 50.4 Å². The molecule has 2 N–H and O–H groups in total. The smallest absolute Gasteiger partial charge is 0.224 e. The fourth-order valence-corrected chi connectivity index (χ4v) is 2.53. The second-order valence-corrected chi connectivity index (χ2v) is 5.28.